The van der Waals surface area contributed by atoms with Crippen molar-refractivity contribution in [1.82, 2.24) is 5.32 Å². The molecule has 0 aliphatic heterocycles. The average molecular weight is 282 g/mol. The monoisotopic (exact) mass is 282 g/mol. The topological polar surface area (TPSA) is 79.8 Å². The zero-order valence-corrected chi connectivity index (χ0v) is 12.1. The van der Waals surface area contributed by atoms with Crippen LogP contribution in [0.4, 0.5) is 10.5 Å². The van der Waals surface area contributed by atoms with Gasteiger partial charge in [-0.2, -0.15) is 0 Å². The van der Waals surface area contributed by atoms with Crippen LogP contribution in [0.25, 0.3) is 0 Å². The Labute approximate surface area is 119 Å². The molecule has 1 atom stereocenters. The number of benzene rings is 1. The van der Waals surface area contributed by atoms with Crippen LogP contribution >= 0.6 is 0 Å². The van der Waals surface area contributed by atoms with Crippen molar-refractivity contribution in [2.45, 2.75) is 18.9 Å². The Bertz CT molecular complexity index is 435. The van der Waals surface area contributed by atoms with Gasteiger partial charge in [0.05, 0.1) is 12.7 Å². The number of ether oxygens (including phenoxy) is 2. The second-order valence-electron chi connectivity index (χ2n) is 4.78. The van der Waals surface area contributed by atoms with Crippen LogP contribution in [0.3, 0.4) is 0 Å². The summed E-state index contributed by atoms with van der Waals surface area (Å²) in [5.74, 6) is 0.662. The van der Waals surface area contributed by atoms with E-state index in [0.29, 0.717) is 24.5 Å². The van der Waals surface area contributed by atoms with Gasteiger partial charge in [0.25, 0.3) is 0 Å². The summed E-state index contributed by atoms with van der Waals surface area (Å²) in [6.07, 6.45) is 0.447. The van der Waals surface area contributed by atoms with Crippen LogP contribution in [-0.2, 0) is 4.74 Å². The van der Waals surface area contributed by atoms with Gasteiger partial charge in [0.2, 0.25) is 0 Å². The zero-order valence-electron chi connectivity index (χ0n) is 12.1. The molecule has 1 aromatic carbocycles. The van der Waals surface area contributed by atoms with Gasteiger partial charge < -0.3 is 25.2 Å². The second-order valence-corrected chi connectivity index (χ2v) is 4.78. The lowest BCUT2D eigenvalue weighted by Crippen LogP contribution is -2.42. The molecule has 1 aromatic rings. The summed E-state index contributed by atoms with van der Waals surface area (Å²) in [4.78, 5) is 11.7. The summed E-state index contributed by atoms with van der Waals surface area (Å²) in [7, 11) is 3.13. The van der Waals surface area contributed by atoms with E-state index in [9.17, 15) is 9.90 Å². The van der Waals surface area contributed by atoms with Crippen molar-refractivity contribution in [2.24, 2.45) is 0 Å². The molecule has 0 saturated carbocycles. The van der Waals surface area contributed by atoms with E-state index in [0.717, 1.165) is 0 Å². The largest absolute Gasteiger partial charge is 0.497 e. The molecule has 0 spiro atoms. The lowest BCUT2D eigenvalue weighted by Gasteiger charge is -2.23. The number of rotatable bonds is 7. The highest BCUT2D eigenvalue weighted by Crippen LogP contribution is 2.16. The molecule has 3 N–H and O–H groups in total. The highest BCUT2D eigenvalue weighted by Gasteiger charge is 2.20. The standard InChI is InChI=1S/C14H22N2O4/c1-14(18,7-8-19-2)10-15-13(17)16-11-5-4-6-12(9-11)20-3/h4-6,9,18H,7-8,10H2,1-3H3,(H2,15,16,17)/t14-/m1/s1. The minimum atomic E-state index is -0.998. The van der Waals surface area contributed by atoms with E-state index < -0.39 is 5.60 Å². The predicted octanol–water partition coefficient (Wildman–Crippen LogP) is 1.60. The molecule has 6 heteroatoms. The van der Waals surface area contributed by atoms with Crippen LogP contribution in [0.1, 0.15) is 13.3 Å². The van der Waals surface area contributed by atoms with E-state index in [-0.39, 0.29) is 12.6 Å². The van der Waals surface area contributed by atoms with Crippen molar-refractivity contribution in [2.75, 3.05) is 32.7 Å². The molecule has 0 heterocycles. The predicted molar refractivity (Wildman–Crippen MR) is 77.1 cm³/mol. The maximum absolute atomic E-state index is 11.7. The highest BCUT2D eigenvalue weighted by molar-refractivity contribution is 5.89. The summed E-state index contributed by atoms with van der Waals surface area (Å²) in [6, 6.07) is 6.66. The number of amides is 2. The van der Waals surface area contributed by atoms with E-state index in [4.69, 9.17) is 9.47 Å². The smallest absolute Gasteiger partial charge is 0.319 e. The van der Waals surface area contributed by atoms with Crippen LogP contribution < -0.4 is 15.4 Å². The van der Waals surface area contributed by atoms with Crippen LogP contribution in [-0.4, -0.2) is 44.1 Å². The quantitative estimate of drug-likeness (QED) is 0.709. The number of carbonyl (C=O) groups is 1. The van der Waals surface area contributed by atoms with Gasteiger partial charge in [-0.3, -0.25) is 0 Å². The minimum Gasteiger partial charge on any atom is -0.497 e. The SMILES string of the molecule is COCC[C@@](C)(O)CNC(=O)Nc1cccc(OC)c1. The number of urea groups is 1. The fourth-order valence-electron chi connectivity index (χ4n) is 1.56. The fraction of sp³-hybridized carbons (Fsp3) is 0.500. The number of aliphatic hydroxyl groups is 1. The maximum atomic E-state index is 11.7. The Hall–Kier alpha value is -1.79. The molecule has 0 radical (unpaired) electrons. The number of carbonyl (C=O) groups excluding carboxylic acids is 1. The molecule has 0 bridgehead atoms. The lowest BCUT2D eigenvalue weighted by molar-refractivity contribution is 0.0273. The molecule has 0 aliphatic carbocycles. The molecule has 112 valence electrons. The zero-order chi connectivity index (χ0) is 15.0. The van der Waals surface area contributed by atoms with Gasteiger partial charge in [-0.15, -0.1) is 0 Å². The van der Waals surface area contributed by atoms with Gasteiger partial charge in [-0.1, -0.05) is 6.07 Å². The Balaban J connectivity index is 2.43. The van der Waals surface area contributed by atoms with Crippen molar-refractivity contribution in [3.8, 4) is 5.75 Å². The number of anilines is 1. The number of hydrogen-bond acceptors (Lipinski definition) is 4. The Morgan fingerprint density at radius 2 is 2.15 bits per heavy atom. The third-order valence-electron chi connectivity index (χ3n) is 2.80. The van der Waals surface area contributed by atoms with Crippen LogP contribution in [0.2, 0.25) is 0 Å². The third kappa shape index (κ3) is 5.90. The van der Waals surface area contributed by atoms with Gasteiger partial charge in [-0.25, -0.2) is 4.79 Å². The Morgan fingerprint density at radius 1 is 1.40 bits per heavy atom. The summed E-state index contributed by atoms with van der Waals surface area (Å²) in [5.41, 5.74) is -0.375. The molecule has 0 unspecified atom stereocenters. The molecule has 0 fully saturated rings. The molecule has 0 saturated heterocycles. The normalized spacial score (nSPS) is 13.4. The molecule has 0 aromatic heterocycles. The second kappa shape index (κ2) is 7.72. The van der Waals surface area contributed by atoms with Crippen LogP contribution in [0.15, 0.2) is 24.3 Å². The number of nitrogens with one attached hydrogen (secondary N) is 2. The van der Waals surface area contributed by atoms with Gasteiger partial charge in [0, 0.05) is 38.4 Å². The summed E-state index contributed by atoms with van der Waals surface area (Å²) in [6.45, 7) is 2.23. The molecule has 2 amide bonds. The maximum Gasteiger partial charge on any atom is 0.319 e. The lowest BCUT2D eigenvalue weighted by atomic mass is 10.0. The minimum absolute atomic E-state index is 0.145. The van der Waals surface area contributed by atoms with Crippen molar-refractivity contribution >= 4 is 11.7 Å². The molecular formula is C14H22N2O4. The Morgan fingerprint density at radius 3 is 2.80 bits per heavy atom. The summed E-state index contributed by atoms with van der Waals surface area (Å²) < 4.78 is 9.97. The van der Waals surface area contributed by atoms with Gasteiger partial charge in [-0.05, 0) is 19.1 Å². The Kier molecular flexibility index (Phi) is 6.27. The first kappa shape index (κ1) is 16.3. The first-order chi connectivity index (χ1) is 9.46. The highest BCUT2D eigenvalue weighted by atomic mass is 16.5. The van der Waals surface area contributed by atoms with Gasteiger partial charge in [0.15, 0.2) is 0 Å². The molecule has 20 heavy (non-hydrogen) atoms. The van der Waals surface area contributed by atoms with Crippen LogP contribution in [0.5, 0.6) is 5.75 Å². The molecule has 6 nitrogen and oxygen atoms in total. The summed E-state index contributed by atoms with van der Waals surface area (Å²) >= 11 is 0. The summed E-state index contributed by atoms with van der Waals surface area (Å²) in [5, 5.41) is 15.3. The van der Waals surface area contributed by atoms with Gasteiger partial charge in [0.1, 0.15) is 5.75 Å². The molecule has 0 aliphatic rings. The van der Waals surface area contributed by atoms with Crippen molar-refractivity contribution in [3.63, 3.8) is 0 Å². The van der Waals surface area contributed by atoms with E-state index >= 15 is 0 Å². The van der Waals surface area contributed by atoms with Gasteiger partial charge >= 0.3 is 6.03 Å². The fourth-order valence-corrected chi connectivity index (χ4v) is 1.56. The molecule has 1 rings (SSSR count). The number of hydrogen-bond donors (Lipinski definition) is 3. The molecular weight excluding hydrogens is 260 g/mol. The van der Waals surface area contributed by atoms with Crippen molar-refractivity contribution in [1.29, 1.82) is 0 Å². The number of methoxy groups -OCH3 is 2. The van der Waals surface area contributed by atoms with E-state index in [1.54, 1.807) is 45.4 Å². The van der Waals surface area contributed by atoms with E-state index in [1.165, 1.54) is 0 Å². The third-order valence-corrected chi connectivity index (χ3v) is 2.80. The first-order valence-corrected chi connectivity index (χ1v) is 6.37. The van der Waals surface area contributed by atoms with Crippen molar-refractivity contribution < 1.29 is 19.4 Å². The van der Waals surface area contributed by atoms with Crippen LogP contribution in [0, 0.1) is 0 Å². The average Bonchev–Trinajstić information content (AvgIpc) is 2.43. The van der Waals surface area contributed by atoms with E-state index in [1.807, 2.05) is 0 Å². The van der Waals surface area contributed by atoms with E-state index in [2.05, 4.69) is 10.6 Å². The first-order valence-electron chi connectivity index (χ1n) is 6.37. The van der Waals surface area contributed by atoms with Crippen molar-refractivity contribution in [3.05, 3.63) is 24.3 Å².